The summed E-state index contributed by atoms with van der Waals surface area (Å²) >= 11 is 0. The Morgan fingerprint density at radius 3 is 2.08 bits per heavy atom. The van der Waals surface area contributed by atoms with Gasteiger partial charge in [0.2, 0.25) is 0 Å². The van der Waals surface area contributed by atoms with Gasteiger partial charge in [-0.15, -0.1) is 0 Å². The third kappa shape index (κ3) is 5.30. The Morgan fingerprint density at radius 1 is 0.875 bits per heavy atom. The number of nitrogens with zero attached hydrogens (tertiary/aromatic N) is 2. The van der Waals surface area contributed by atoms with E-state index in [0.717, 1.165) is 18.2 Å². The van der Waals surface area contributed by atoms with E-state index in [1.807, 2.05) is 0 Å². The minimum absolute atomic E-state index is 0. The Hall–Kier alpha value is -1.42. The van der Waals surface area contributed by atoms with Gasteiger partial charge in [0.15, 0.2) is 0 Å². The maximum Gasteiger partial charge on any atom is 1.00 e. The van der Waals surface area contributed by atoms with Crippen LogP contribution in [-0.2, 0) is 0 Å². The number of carboxylic acids is 2. The number of para-hydroxylation sites is 1. The van der Waals surface area contributed by atoms with Crippen molar-refractivity contribution in [2.45, 2.75) is 0 Å². The van der Waals surface area contributed by atoms with Crippen LogP contribution < -0.4 is 69.3 Å². The molecule has 2 aromatic carbocycles. The van der Waals surface area contributed by atoms with E-state index < -0.39 is 34.6 Å². The molecule has 0 aromatic heterocycles. The summed E-state index contributed by atoms with van der Waals surface area (Å²) in [5.41, 5.74) is -1.07. The number of aromatic carboxylic acids is 2. The van der Waals surface area contributed by atoms with Crippen molar-refractivity contribution in [3.05, 3.63) is 47.5 Å². The number of carboxylic acid groups (broad SMARTS) is 2. The zero-order valence-corrected chi connectivity index (χ0v) is 16.9. The first-order valence-electron chi connectivity index (χ1n) is 5.89. The standard InChI is InChI=1S/C14H10N2O6.2Na/c17-11-5-4-7(6-9(11)14(21)22)15-16-10-3-1-2-8(12(10)18)13(19)20;;/h1-6,17-18H,(H,19,20)(H,21,22);;/q;2*+1/p-2. The molecule has 8 nitrogen and oxygen atoms in total. The van der Waals surface area contributed by atoms with Crippen molar-refractivity contribution in [1.82, 2.24) is 0 Å². The molecule has 0 bridgehead atoms. The smallest absolute Gasteiger partial charge is 0.872 e. The summed E-state index contributed by atoms with van der Waals surface area (Å²) in [5, 5.41) is 48.0. The molecule has 0 spiro atoms. The van der Waals surface area contributed by atoms with E-state index in [4.69, 9.17) is 10.2 Å². The molecular formula is C14H8N2Na2O6. The molecule has 2 aromatic rings. The zero-order chi connectivity index (χ0) is 16.3. The van der Waals surface area contributed by atoms with Gasteiger partial charge in [0.25, 0.3) is 0 Å². The first kappa shape index (κ1) is 22.6. The van der Waals surface area contributed by atoms with E-state index in [-0.39, 0.29) is 70.5 Å². The predicted octanol–water partition coefficient (Wildman–Crippen LogP) is -4.35. The number of hydrogen-bond donors (Lipinski definition) is 2. The third-order valence-electron chi connectivity index (χ3n) is 2.69. The average molecular weight is 346 g/mol. The van der Waals surface area contributed by atoms with Crippen LogP contribution in [0.15, 0.2) is 46.6 Å². The van der Waals surface area contributed by atoms with Crippen LogP contribution in [-0.4, -0.2) is 22.2 Å². The van der Waals surface area contributed by atoms with E-state index in [0.29, 0.717) is 0 Å². The number of azo groups is 1. The molecule has 0 saturated heterocycles. The first-order chi connectivity index (χ1) is 10.4. The van der Waals surface area contributed by atoms with Gasteiger partial charge >= 0.3 is 71.1 Å². The molecule has 0 atom stereocenters. The number of hydrogen-bond acceptors (Lipinski definition) is 6. The molecule has 0 aliphatic heterocycles. The molecular weight excluding hydrogens is 338 g/mol. The van der Waals surface area contributed by atoms with Crippen molar-refractivity contribution < 1.29 is 89.1 Å². The van der Waals surface area contributed by atoms with Crippen LogP contribution in [0.1, 0.15) is 20.7 Å². The van der Waals surface area contributed by atoms with E-state index in [1.165, 1.54) is 18.2 Å². The Kier molecular flexibility index (Phi) is 9.20. The van der Waals surface area contributed by atoms with Gasteiger partial charge in [-0.05, 0) is 24.3 Å². The monoisotopic (exact) mass is 346 g/mol. The molecule has 0 amide bonds. The summed E-state index contributed by atoms with van der Waals surface area (Å²) < 4.78 is 0. The van der Waals surface area contributed by atoms with Crippen molar-refractivity contribution in [1.29, 1.82) is 0 Å². The van der Waals surface area contributed by atoms with Crippen LogP contribution >= 0.6 is 0 Å². The molecule has 0 saturated carbocycles. The molecule has 2 N–H and O–H groups in total. The number of carbonyl (C=O) groups is 2. The maximum atomic E-state index is 11.8. The molecule has 2 rings (SSSR count). The van der Waals surface area contributed by atoms with Gasteiger partial charge in [-0.1, -0.05) is 23.6 Å². The minimum Gasteiger partial charge on any atom is -0.872 e. The molecule has 0 fully saturated rings. The zero-order valence-electron chi connectivity index (χ0n) is 12.9. The van der Waals surface area contributed by atoms with Crippen LogP contribution in [0, 0.1) is 0 Å². The Morgan fingerprint density at radius 2 is 1.50 bits per heavy atom. The normalized spacial score (nSPS) is 9.83. The molecule has 0 unspecified atom stereocenters. The predicted molar refractivity (Wildman–Crippen MR) is 69.9 cm³/mol. The number of benzene rings is 2. The van der Waals surface area contributed by atoms with Crippen LogP contribution in [0.25, 0.3) is 0 Å². The largest absolute Gasteiger partial charge is 1.00 e. The second-order valence-electron chi connectivity index (χ2n) is 4.14. The molecule has 112 valence electrons. The Balaban J connectivity index is 0.00000264. The van der Waals surface area contributed by atoms with Crippen LogP contribution in [0.5, 0.6) is 11.5 Å². The van der Waals surface area contributed by atoms with E-state index in [2.05, 4.69) is 10.2 Å². The van der Waals surface area contributed by atoms with Crippen molar-refractivity contribution in [3.63, 3.8) is 0 Å². The second kappa shape index (κ2) is 9.77. The van der Waals surface area contributed by atoms with Gasteiger partial charge in [-0.3, -0.25) is 0 Å². The SMILES string of the molecule is O=C(O)c1cc(N=Nc2cccc(C(=O)O)c2[O-])ccc1[O-].[Na+].[Na+]. The quantitative estimate of drug-likeness (QED) is 0.423. The minimum atomic E-state index is -1.40. The van der Waals surface area contributed by atoms with Crippen LogP contribution in [0.3, 0.4) is 0 Å². The summed E-state index contributed by atoms with van der Waals surface area (Å²) in [5.74, 6) is -4.27. The third-order valence-corrected chi connectivity index (χ3v) is 2.69. The summed E-state index contributed by atoms with van der Waals surface area (Å²) in [4.78, 5) is 21.7. The molecule has 0 aliphatic rings. The topological polar surface area (TPSA) is 145 Å². The van der Waals surface area contributed by atoms with E-state index in [1.54, 1.807) is 0 Å². The fourth-order valence-corrected chi connectivity index (χ4v) is 1.63. The Bertz CT molecular complexity index is 795. The maximum absolute atomic E-state index is 11.8. The van der Waals surface area contributed by atoms with Crippen LogP contribution in [0.2, 0.25) is 0 Å². The second-order valence-corrected chi connectivity index (χ2v) is 4.14. The fraction of sp³-hybridized carbons (Fsp3) is 0. The average Bonchev–Trinajstić information content (AvgIpc) is 2.47. The number of rotatable bonds is 4. The Labute approximate surface area is 180 Å². The van der Waals surface area contributed by atoms with Gasteiger partial charge in [0, 0.05) is 0 Å². The van der Waals surface area contributed by atoms with Crippen molar-refractivity contribution >= 4 is 23.3 Å². The molecule has 10 heteroatoms. The molecule has 0 heterocycles. The van der Waals surface area contributed by atoms with Gasteiger partial charge < -0.3 is 20.4 Å². The molecule has 24 heavy (non-hydrogen) atoms. The van der Waals surface area contributed by atoms with Gasteiger partial charge in [-0.25, -0.2) is 9.59 Å². The summed E-state index contributed by atoms with van der Waals surface area (Å²) in [6.45, 7) is 0. The van der Waals surface area contributed by atoms with Crippen molar-refractivity contribution in [3.8, 4) is 11.5 Å². The van der Waals surface area contributed by atoms with Gasteiger partial charge in [-0.2, -0.15) is 10.2 Å². The molecule has 0 radical (unpaired) electrons. The van der Waals surface area contributed by atoms with E-state index in [9.17, 15) is 19.8 Å². The molecule has 0 aliphatic carbocycles. The van der Waals surface area contributed by atoms with E-state index >= 15 is 0 Å². The van der Waals surface area contributed by atoms with Crippen LogP contribution in [0.4, 0.5) is 11.4 Å². The first-order valence-corrected chi connectivity index (χ1v) is 5.89. The van der Waals surface area contributed by atoms with Crippen molar-refractivity contribution in [2.24, 2.45) is 10.2 Å². The summed E-state index contributed by atoms with van der Waals surface area (Å²) in [6.07, 6.45) is 0. The van der Waals surface area contributed by atoms with Gasteiger partial charge in [0.05, 0.1) is 22.5 Å². The van der Waals surface area contributed by atoms with Gasteiger partial charge in [0.1, 0.15) is 0 Å². The summed E-state index contributed by atoms with van der Waals surface area (Å²) in [6, 6.07) is 7.02. The van der Waals surface area contributed by atoms with Crippen molar-refractivity contribution in [2.75, 3.05) is 0 Å². The fourth-order valence-electron chi connectivity index (χ4n) is 1.63. The summed E-state index contributed by atoms with van der Waals surface area (Å²) in [7, 11) is 0.